The number of pyridine rings is 1. The summed E-state index contributed by atoms with van der Waals surface area (Å²) in [6, 6.07) is 5.52. The SMILES string of the molecule is N#CCCCc1n[nH]c(=O)c2cccnc12. The Morgan fingerprint density at radius 3 is 3.19 bits per heavy atom. The first kappa shape index (κ1) is 10.3. The van der Waals surface area contributed by atoms with Gasteiger partial charge in [0.2, 0.25) is 0 Å². The molecule has 2 aromatic rings. The Bertz CT molecular complexity index is 597. The first-order chi connectivity index (χ1) is 7.83. The van der Waals surface area contributed by atoms with E-state index in [2.05, 4.69) is 21.3 Å². The molecule has 2 heterocycles. The van der Waals surface area contributed by atoms with Gasteiger partial charge in [0, 0.05) is 12.6 Å². The van der Waals surface area contributed by atoms with Gasteiger partial charge in [0.25, 0.3) is 5.56 Å². The molecule has 5 heteroatoms. The van der Waals surface area contributed by atoms with Crippen molar-refractivity contribution in [3.8, 4) is 6.07 Å². The second-order valence-electron chi connectivity index (χ2n) is 3.41. The number of aromatic nitrogens is 3. The van der Waals surface area contributed by atoms with E-state index >= 15 is 0 Å². The molecule has 0 aliphatic rings. The van der Waals surface area contributed by atoms with E-state index in [4.69, 9.17) is 5.26 Å². The van der Waals surface area contributed by atoms with Crippen molar-refractivity contribution in [1.29, 1.82) is 5.26 Å². The van der Waals surface area contributed by atoms with Crippen molar-refractivity contribution in [2.45, 2.75) is 19.3 Å². The summed E-state index contributed by atoms with van der Waals surface area (Å²) >= 11 is 0. The standard InChI is InChI=1S/C11H10N4O/c12-6-2-1-5-9-10-8(4-3-7-13-10)11(16)15-14-9/h3-4,7H,1-2,5H2,(H,15,16). The van der Waals surface area contributed by atoms with Crippen LogP contribution in [0.4, 0.5) is 0 Å². The molecule has 0 saturated carbocycles. The molecule has 0 amide bonds. The van der Waals surface area contributed by atoms with Crippen molar-refractivity contribution in [1.82, 2.24) is 15.2 Å². The highest BCUT2D eigenvalue weighted by atomic mass is 16.1. The lowest BCUT2D eigenvalue weighted by atomic mass is 10.1. The molecule has 16 heavy (non-hydrogen) atoms. The summed E-state index contributed by atoms with van der Waals surface area (Å²) in [5.41, 5.74) is 1.14. The van der Waals surface area contributed by atoms with E-state index in [1.807, 2.05) is 0 Å². The molecule has 0 saturated heterocycles. The van der Waals surface area contributed by atoms with E-state index in [1.165, 1.54) is 0 Å². The van der Waals surface area contributed by atoms with Crippen LogP contribution in [0.25, 0.3) is 10.9 Å². The number of rotatable bonds is 3. The van der Waals surface area contributed by atoms with Crippen LogP contribution in [0.5, 0.6) is 0 Å². The van der Waals surface area contributed by atoms with Crippen LogP contribution in [-0.2, 0) is 6.42 Å². The van der Waals surface area contributed by atoms with Gasteiger partial charge < -0.3 is 0 Å². The maximum Gasteiger partial charge on any atom is 0.273 e. The minimum Gasteiger partial charge on any atom is -0.267 e. The molecule has 0 atom stereocenters. The Morgan fingerprint density at radius 2 is 2.38 bits per heavy atom. The summed E-state index contributed by atoms with van der Waals surface area (Å²) in [7, 11) is 0. The van der Waals surface area contributed by atoms with E-state index in [9.17, 15) is 4.79 Å². The topological polar surface area (TPSA) is 82.4 Å². The first-order valence-electron chi connectivity index (χ1n) is 5.02. The van der Waals surface area contributed by atoms with E-state index < -0.39 is 0 Å². The van der Waals surface area contributed by atoms with Crippen molar-refractivity contribution in [3.63, 3.8) is 0 Å². The third kappa shape index (κ3) is 1.91. The smallest absolute Gasteiger partial charge is 0.267 e. The molecular weight excluding hydrogens is 204 g/mol. The number of nitrogens with one attached hydrogen (secondary N) is 1. The highest BCUT2D eigenvalue weighted by Gasteiger charge is 2.06. The summed E-state index contributed by atoms with van der Waals surface area (Å²) in [5.74, 6) is 0. The van der Waals surface area contributed by atoms with Crippen molar-refractivity contribution in [2.75, 3.05) is 0 Å². The van der Waals surface area contributed by atoms with Crippen LogP contribution in [0.2, 0.25) is 0 Å². The minimum atomic E-state index is -0.230. The predicted octanol–water partition coefficient (Wildman–Crippen LogP) is 1.16. The van der Waals surface area contributed by atoms with Gasteiger partial charge in [-0.1, -0.05) is 0 Å². The Morgan fingerprint density at radius 1 is 1.50 bits per heavy atom. The largest absolute Gasteiger partial charge is 0.273 e. The fourth-order valence-corrected chi connectivity index (χ4v) is 1.56. The van der Waals surface area contributed by atoms with Crippen molar-refractivity contribution in [3.05, 3.63) is 34.4 Å². The normalized spacial score (nSPS) is 10.2. The van der Waals surface area contributed by atoms with E-state index in [0.29, 0.717) is 23.7 Å². The van der Waals surface area contributed by atoms with Gasteiger partial charge in [-0.15, -0.1) is 0 Å². The number of hydrogen-bond donors (Lipinski definition) is 1. The summed E-state index contributed by atoms with van der Waals surface area (Å²) in [5, 5.41) is 15.4. The summed E-state index contributed by atoms with van der Waals surface area (Å²) in [6.07, 6.45) is 3.49. The van der Waals surface area contributed by atoms with Gasteiger partial charge in [0.15, 0.2) is 0 Å². The molecule has 0 aromatic carbocycles. The molecule has 0 bridgehead atoms. The number of aromatic amines is 1. The van der Waals surface area contributed by atoms with Gasteiger partial charge in [-0.3, -0.25) is 9.78 Å². The molecule has 0 spiro atoms. The molecule has 0 aliphatic carbocycles. The van der Waals surface area contributed by atoms with Crippen LogP contribution in [0.15, 0.2) is 23.1 Å². The van der Waals surface area contributed by atoms with Gasteiger partial charge in [-0.2, -0.15) is 10.4 Å². The number of nitrogens with zero attached hydrogens (tertiary/aromatic N) is 3. The molecule has 1 N–H and O–H groups in total. The second kappa shape index (κ2) is 4.53. The van der Waals surface area contributed by atoms with Crippen molar-refractivity contribution < 1.29 is 0 Å². The molecule has 5 nitrogen and oxygen atoms in total. The van der Waals surface area contributed by atoms with Crippen LogP contribution in [0.3, 0.4) is 0 Å². The fraction of sp³-hybridized carbons (Fsp3) is 0.273. The van der Waals surface area contributed by atoms with Crippen LogP contribution in [-0.4, -0.2) is 15.2 Å². The zero-order valence-corrected chi connectivity index (χ0v) is 8.60. The Labute approximate surface area is 91.8 Å². The summed E-state index contributed by atoms with van der Waals surface area (Å²) < 4.78 is 0. The Kier molecular flexibility index (Phi) is 2.92. The minimum absolute atomic E-state index is 0.230. The van der Waals surface area contributed by atoms with E-state index in [0.717, 1.165) is 12.1 Å². The average molecular weight is 214 g/mol. The molecule has 2 rings (SSSR count). The van der Waals surface area contributed by atoms with Crippen LogP contribution in [0, 0.1) is 11.3 Å². The fourth-order valence-electron chi connectivity index (χ4n) is 1.56. The van der Waals surface area contributed by atoms with Crippen LogP contribution < -0.4 is 5.56 Å². The lowest BCUT2D eigenvalue weighted by Gasteiger charge is -2.01. The predicted molar refractivity (Wildman–Crippen MR) is 58.7 cm³/mol. The number of H-pyrrole nitrogens is 1. The van der Waals surface area contributed by atoms with Gasteiger partial charge in [-0.25, -0.2) is 5.10 Å². The van der Waals surface area contributed by atoms with Gasteiger partial charge in [0.05, 0.1) is 22.7 Å². The zero-order chi connectivity index (χ0) is 11.4. The third-order valence-corrected chi connectivity index (χ3v) is 2.32. The highest BCUT2D eigenvalue weighted by Crippen LogP contribution is 2.11. The lowest BCUT2D eigenvalue weighted by Crippen LogP contribution is -2.11. The average Bonchev–Trinajstić information content (AvgIpc) is 2.33. The van der Waals surface area contributed by atoms with Gasteiger partial charge in [0.1, 0.15) is 0 Å². The van der Waals surface area contributed by atoms with Crippen molar-refractivity contribution >= 4 is 10.9 Å². The molecule has 2 aromatic heterocycles. The lowest BCUT2D eigenvalue weighted by molar-refractivity contribution is 0.800. The number of fused-ring (bicyclic) bond motifs is 1. The number of unbranched alkanes of at least 4 members (excludes halogenated alkanes) is 1. The van der Waals surface area contributed by atoms with E-state index in [-0.39, 0.29) is 5.56 Å². The van der Waals surface area contributed by atoms with Crippen LogP contribution in [0.1, 0.15) is 18.5 Å². The molecular formula is C11H10N4O. The monoisotopic (exact) mass is 214 g/mol. The molecule has 0 aliphatic heterocycles. The molecule has 80 valence electrons. The van der Waals surface area contributed by atoms with Crippen molar-refractivity contribution in [2.24, 2.45) is 0 Å². The first-order valence-corrected chi connectivity index (χ1v) is 5.02. The number of nitriles is 1. The maximum atomic E-state index is 11.5. The third-order valence-electron chi connectivity index (χ3n) is 2.32. The van der Waals surface area contributed by atoms with E-state index in [1.54, 1.807) is 18.3 Å². The summed E-state index contributed by atoms with van der Waals surface area (Å²) in [6.45, 7) is 0. The summed E-state index contributed by atoms with van der Waals surface area (Å²) in [4.78, 5) is 15.6. The Balaban J connectivity index is 2.43. The highest BCUT2D eigenvalue weighted by molar-refractivity contribution is 5.78. The zero-order valence-electron chi connectivity index (χ0n) is 8.60. The number of hydrogen-bond acceptors (Lipinski definition) is 4. The quantitative estimate of drug-likeness (QED) is 0.777. The second-order valence-corrected chi connectivity index (χ2v) is 3.41. The van der Waals surface area contributed by atoms with Gasteiger partial charge in [-0.05, 0) is 25.0 Å². The van der Waals surface area contributed by atoms with Gasteiger partial charge >= 0.3 is 0 Å². The number of aryl methyl sites for hydroxylation is 1. The molecule has 0 fully saturated rings. The molecule has 0 radical (unpaired) electrons. The molecule has 0 unspecified atom stereocenters. The van der Waals surface area contributed by atoms with Crippen LogP contribution >= 0.6 is 0 Å². The Hall–Kier alpha value is -2.22. The maximum absolute atomic E-state index is 11.5.